The van der Waals surface area contributed by atoms with Crippen LogP contribution in [0.15, 0.2) is 35.7 Å². The third-order valence-corrected chi connectivity index (χ3v) is 2.89. The number of hydrogen-bond donors (Lipinski definition) is 1. The van der Waals surface area contributed by atoms with Gasteiger partial charge in [-0.05, 0) is 6.54 Å². The Bertz CT molecular complexity index is 395. The van der Waals surface area contributed by atoms with E-state index in [2.05, 4.69) is 22.5 Å². The smallest absolute Gasteiger partial charge is 0.0945 e. The molecule has 0 aliphatic carbocycles. The van der Waals surface area contributed by atoms with Crippen molar-refractivity contribution in [3.8, 4) is 11.3 Å². The molecule has 0 atom stereocenters. The summed E-state index contributed by atoms with van der Waals surface area (Å²) in [5, 5.41) is 3.20. The highest BCUT2D eigenvalue weighted by Crippen LogP contribution is 2.21. The average molecular weight is 206 g/mol. The van der Waals surface area contributed by atoms with E-state index >= 15 is 0 Å². The Balaban J connectivity index is 2.25. The molecule has 14 heavy (non-hydrogen) atoms. The Hall–Kier alpha value is -1.19. The highest BCUT2D eigenvalue weighted by molar-refractivity contribution is 7.09. The summed E-state index contributed by atoms with van der Waals surface area (Å²) in [6, 6.07) is 10.2. The number of thiazole rings is 1. The summed E-state index contributed by atoms with van der Waals surface area (Å²) < 4.78 is 0. The van der Waals surface area contributed by atoms with Gasteiger partial charge in [0.2, 0.25) is 0 Å². The Morgan fingerprint density at radius 2 is 2.07 bits per heavy atom. The van der Waals surface area contributed by atoms with Crippen LogP contribution in [0.25, 0.3) is 11.3 Å². The first-order valence-corrected chi connectivity index (χ1v) is 5.48. The molecule has 0 aliphatic rings. The summed E-state index contributed by atoms with van der Waals surface area (Å²) in [6.07, 6.45) is 0.873. The lowest BCUT2D eigenvalue weighted by Crippen LogP contribution is -2.01. The molecule has 0 radical (unpaired) electrons. The summed E-state index contributed by atoms with van der Waals surface area (Å²) in [5.74, 6) is 0. The third kappa shape index (κ3) is 2.00. The maximum Gasteiger partial charge on any atom is 0.0945 e. The minimum atomic E-state index is 0.668. The lowest BCUT2D eigenvalue weighted by molar-refractivity contribution is 0.954. The first kappa shape index (κ1) is 9.37. The van der Waals surface area contributed by atoms with Crippen LogP contribution in [0.3, 0.4) is 0 Å². The van der Waals surface area contributed by atoms with Gasteiger partial charge in [0.1, 0.15) is 0 Å². The van der Waals surface area contributed by atoms with Gasteiger partial charge in [-0.3, -0.25) is 0 Å². The van der Waals surface area contributed by atoms with Gasteiger partial charge in [0, 0.05) is 17.4 Å². The molecule has 0 spiro atoms. The quantitative estimate of drug-likeness (QED) is 0.837. The molecule has 2 aromatic rings. The zero-order valence-corrected chi connectivity index (χ0v) is 8.63. The Morgan fingerprint density at radius 3 is 2.79 bits per heavy atom. The monoisotopic (exact) mass is 206 g/mol. The molecule has 2 rings (SSSR count). The van der Waals surface area contributed by atoms with E-state index in [9.17, 15) is 0 Å². The van der Waals surface area contributed by atoms with Crippen LogP contribution in [0.1, 0.15) is 5.01 Å². The van der Waals surface area contributed by atoms with Gasteiger partial charge in [-0.2, -0.15) is 0 Å². The van der Waals surface area contributed by atoms with Gasteiger partial charge in [-0.25, -0.2) is 4.98 Å². The molecule has 0 unspecified atom stereocenters. The molecule has 2 nitrogen and oxygen atoms in total. The SMILES string of the molecule is NCCc1n[14c](-c2ccccc2)cs1. The zero-order valence-electron chi connectivity index (χ0n) is 7.81. The van der Waals surface area contributed by atoms with Gasteiger partial charge in [0.25, 0.3) is 0 Å². The standard InChI is InChI=1S/C11H12N2S/c12-7-6-11-13-10(8-14-11)9-4-2-1-3-5-9/h1-5,8H,6-7,12H2/i10+2. The maximum absolute atomic E-state index is 5.48. The molecular formula is C11H12N2S. The predicted octanol–water partition coefficient (Wildman–Crippen LogP) is 2.31. The molecule has 0 bridgehead atoms. The molecular weight excluding hydrogens is 194 g/mol. The summed E-state index contributed by atoms with van der Waals surface area (Å²) in [7, 11) is 0. The van der Waals surface area contributed by atoms with Crippen molar-refractivity contribution in [2.24, 2.45) is 5.73 Å². The third-order valence-electron chi connectivity index (χ3n) is 1.98. The Morgan fingerprint density at radius 1 is 1.29 bits per heavy atom. The fraction of sp³-hybridized carbons (Fsp3) is 0.182. The highest BCUT2D eigenvalue weighted by Gasteiger charge is 2.02. The fourth-order valence-electron chi connectivity index (χ4n) is 1.29. The fourth-order valence-corrected chi connectivity index (χ4v) is 2.11. The van der Waals surface area contributed by atoms with E-state index in [4.69, 9.17) is 5.73 Å². The molecule has 1 aromatic carbocycles. The van der Waals surface area contributed by atoms with E-state index in [0.717, 1.165) is 17.1 Å². The van der Waals surface area contributed by atoms with E-state index in [1.165, 1.54) is 5.56 Å². The molecule has 1 heterocycles. The summed E-state index contributed by atoms with van der Waals surface area (Å²) in [5.41, 5.74) is 7.70. The lowest BCUT2D eigenvalue weighted by atomic mass is 10.3. The molecule has 0 saturated heterocycles. The molecule has 0 fully saturated rings. The summed E-state index contributed by atoms with van der Waals surface area (Å²) in [4.78, 5) is 4.51. The van der Waals surface area contributed by atoms with Crippen molar-refractivity contribution in [3.63, 3.8) is 0 Å². The van der Waals surface area contributed by atoms with Crippen molar-refractivity contribution in [1.82, 2.24) is 4.98 Å². The predicted molar refractivity (Wildman–Crippen MR) is 60.3 cm³/mol. The number of nitrogens with zero attached hydrogens (tertiary/aromatic N) is 1. The summed E-state index contributed by atoms with van der Waals surface area (Å²) >= 11 is 1.68. The van der Waals surface area contributed by atoms with Crippen molar-refractivity contribution >= 4 is 11.3 Å². The van der Waals surface area contributed by atoms with Crippen molar-refractivity contribution in [2.75, 3.05) is 6.54 Å². The van der Waals surface area contributed by atoms with Crippen LogP contribution < -0.4 is 5.73 Å². The van der Waals surface area contributed by atoms with Crippen LogP contribution >= 0.6 is 11.3 Å². The Labute approximate surface area is 87.4 Å². The second-order valence-electron chi connectivity index (χ2n) is 3.03. The maximum atomic E-state index is 5.48. The van der Waals surface area contributed by atoms with Gasteiger partial charge in [-0.1, -0.05) is 30.3 Å². The van der Waals surface area contributed by atoms with Crippen molar-refractivity contribution in [3.05, 3.63) is 40.7 Å². The van der Waals surface area contributed by atoms with Crippen molar-refractivity contribution < 1.29 is 0 Å². The molecule has 1 aromatic heterocycles. The number of hydrogen-bond acceptors (Lipinski definition) is 3. The minimum Gasteiger partial charge on any atom is -0.330 e. The van der Waals surface area contributed by atoms with E-state index < -0.39 is 0 Å². The van der Waals surface area contributed by atoms with Crippen LogP contribution in [0.5, 0.6) is 0 Å². The second-order valence-corrected chi connectivity index (χ2v) is 3.97. The average Bonchev–Trinajstić information content (AvgIpc) is 2.68. The number of rotatable bonds is 3. The zero-order chi connectivity index (χ0) is 9.80. The van der Waals surface area contributed by atoms with E-state index in [-0.39, 0.29) is 0 Å². The molecule has 0 saturated carbocycles. The van der Waals surface area contributed by atoms with Crippen molar-refractivity contribution in [1.29, 1.82) is 0 Å². The number of nitrogens with two attached hydrogens (primary N) is 1. The van der Waals surface area contributed by atoms with Crippen LogP contribution in [0.2, 0.25) is 0 Å². The highest BCUT2D eigenvalue weighted by atomic mass is 32.1. The summed E-state index contributed by atoms with van der Waals surface area (Å²) in [6.45, 7) is 0.668. The second kappa shape index (κ2) is 4.35. The molecule has 0 amide bonds. The first-order chi connectivity index (χ1) is 6.90. The van der Waals surface area contributed by atoms with Crippen LogP contribution in [0.4, 0.5) is 0 Å². The molecule has 0 aliphatic heterocycles. The topological polar surface area (TPSA) is 38.9 Å². The number of benzene rings is 1. The van der Waals surface area contributed by atoms with Crippen LogP contribution in [0, 0.1) is 0 Å². The van der Waals surface area contributed by atoms with Crippen molar-refractivity contribution in [2.45, 2.75) is 6.42 Å². The minimum absolute atomic E-state index is 0.668. The van der Waals surface area contributed by atoms with Gasteiger partial charge in [0.05, 0.1) is 10.7 Å². The first-order valence-electron chi connectivity index (χ1n) is 4.60. The normalized spacial score (nSPS) is 10.4. The van der Waals surface area contributed by atoms with Gasteiger partial charge < -0.3 is 5.73 Å². The lowest BCUT2D eigenvalue weighted by Gasteiger charge is -1.94. The number of aromatic nitrogens is 1. The Kier molecular flexibility index (Phi) is 2.91. The van der Waals surface area contributed by atoms with E-state index in [1.807, 2.05) is 18.2 Å². The molecule has 2 N–H and O–H groups in total. The van der Waals surface area contributed by atoms with Crippen LogP contribution in [-0.4, -0.2) is 11.5 Å². The molecule has 72 valence electrons. The largest absolute Gasteiger partial charge is 0.330 e. The van der Waals surface area contributed by atoms with Gasteiger partial charge in [0.15, 0.2) is 0 Å². The van der Waals surface area contributed by atoms with E-state index in [1.54, 1.807) is 11.3 Å². The van der Waals surface area contributed by atoms with Gasteiger partial charge >= 0.3 is 0 Å². The van der Waals surface area contributed by atoms with E-state index in [0.29, 0.717) is 6.54 Å². The van der Waals surface area contributed by atoms with Crippen LogP contribution in [-0.2, 0) is 6.42 Å². The van der Waals surface area contributed by atoms with Gasteiger partial charge in [-0.15, -0.1) is 11.3 Å². The molecule has 3 heteroatoms.